The van der Waals surface area contributed by atoms with E-state index in [0.29, 0.717) is 13.0 Å². The number of amides is 1. The Kier molecular flexibility index (Phi) is 4.66. The maximum absolute atomic E-state index is 11.0. The number of benzene rings is 1. The van der Waals surface area contributed by atoms with Crippen LogP contribution in [0.15, 0.2) is 24.3 Å². The van der Waals surface area contributed by atoms with Crippen LogP contribution in [-0.4, -0.2) is 5.91 Å². The maximum Gasteiger partial charge on any atom is 0.219 e. The molecule has 0 bridgehead atoms. The van der Waals surface area contributed by atoms with Crippen LogP contribution in [0.5, 0.6) is 0 Å². The van der Waals surface area contributed by atoms with Gasteiger partial charge in [0.15, 0.2) is 0 Å². The van der Waals surface area contributed by atoms with Gasteiger partial charge in [-0.15, -0.1) is 0 Å². The number of nitrogens with one attached hydrogen (secondary N) is 1. The van der Waals surface area contributed by atoms with Gasteiger partial charge in [0.05, 0.1) is 0 Å². The molecule has 76 valence electrons. The van der Waals surface area contributed by atoms with Crippen LogP contribution in [0, 0.1) is 0 Å². The van der Waals surface area contributed by atoms with Crippen molar-refractivity contribution in [3.8, 4) is 0 Å². The molecule has 0 atom stereocenters. The fourth-order valence-electron chi connectivity index (χ4n) is 1.15. The second kappa shape index (κ2) is 5.81. The lowest BCUT2D eigenvalue weighted by Gasteiger charge is -2.04. The lowest BCUT2D eigenvalue weighted by molar-refractivity contribution is -0.120. The third-order valence-corrected chi connectivity index (χ3v) is 2.60. The smallest absolute Gasteiger partial charge is 0.219 e. The molecular formula is C11H14BrNO. The summed E-state index contributed by atoms with van der Waals surface area (Å²) in [5, 5.41) is 3.70. The summed E-state index contributed by atoms with van der Waals surface area (Å²) in [7, 11) is 0. The van der Waals surface area contributed by atoms with Crippen molar-refractivity contribution < 1.29 is 4.79 Å². The normalized spacial score (nSPS) is 9.86. The molecule has 1 aromatic carbocycles. The molecule has 2 nitrogen and oxygen atoms in total. The van der Waals surface area contributed by atoms with Gasteiger partial charge in [-0.2, -0.15) is 0 Å². The summed E-state index contributed by atoms with van der Waals surface area (Å²) in [5.41, 5.74) is 2.37. The lowest BCUT2D eigenvalue weighted by Crippen LogP contribution is -2.21. The number of halogens is 1. The van der Waals surface area contributed by atoms with Crippen molar-refractivity contribution in [3.63, 3.8) is 0 Å². The SMILES string of the molecule is CCC(=O)NCc1cccc(CBr)c1. The Morgan fingerprint density at radius 2 is 2.14 bits per heavy atom. The van der Waals surface area contributed by atoms with Gasteiger partial charge in [-0.05, 0) is 11.1 Å². The fourth-order valence-corrected chi connectivity index (χ4v) is 1.50. The largest absolute Gasteiger partial charge is 0.352 e. The first-order chi connectivity index (χ1) is 6.76. The summed E-state index contributed by atoms with van der Waals surface area (Å²) in [4.78, 5) is 11.0. The first kappa shape index (κ1) is 11.2. The average Bonchev–Trinajstić information content (AvgIpc) is 2.26. The van der Waals surface area contributed by atoms with E-state index >= 15 is 0 Å². The van der Waals surface area contributed by atoms with Crippen LogP contribution in [0.2, 0.25) is 0 Å². The highest BCUT2D eigenvalue weighted by Gasteiger charge is 1.98. The molecule has 14 heavy (non-hydrogen) atoms. The Balaban J connectivity index is 2.54. The standard InChI is InChI=1S/C11H14BrNO/c1-2-11(14)13-8-10-5-3-4-9(6-10)7-12/h3-6H,2,7-8H2,1H3,(H,13,14). The Bertz CT molecular complexity index is 312. The highest BCUT2D eigenvalue weighted by molar-refractivity contribution is 9.08. The van der Waals surface area contributed by atoms with E-state index in [2.05, 4.69) is 33.4 Å². The lowest BCUT2D eigenvalue weighted by atomic mass is 10.1. The number of rotatable bonds is 4. The fraction of sp³-hybridized carbons (Fsp3) is 0.364. The molecule has 0 aromatic heterocycles. The third-order valence-electron chi connectivity index (χ3n) is 1.96. The van der Waals surface area contributed by atoms with Crippen molar-refractivity contribution in [2.45, 2.75) is 25.2 Å². The van der Waals surface area contributed by atoms with Gasteiger partial charge in [-0.25, -0.2) is 0 Å². The molecule has 0 aliphatic heterocycles. The molecule has 0 unspecified atom stereocenters. The van der Waals surface area contributed by atoms with Crippen LogP contribution in [0.25, 0.3) is 0 Å². The van der Waals surface area contributed by atoms with Gasteiger partial charge >= 0.3 is 0 Å². The summed E-state index contributed by atoms with van der Waals surface area (Å²) in [5.74, 6) is 0.0919. The quantitative estimate of drug-likeness (QED) is 0.824. The van der Waals surface area contributed by atoms with E-state index in [-0.39, 0.29) is 5.91 Å². The summed E-state index contributed by atoms with van der Waals surface area (Å²) in [6.45, 7) is 2.47. The number of carbonyl (C=O) groups excluding carboxylic acids is 1. The van der Waals surface area contributed by atoms with Crippen LogP contribution in [0.1, 0.15) is 24.5 Å². The highest BCUT2D eigenvalue weighted by atomic mass is 79.9. The van der Waals surface area contributed by atoms with E-state index < -0.39 is 0 Å². The minimum absolute atomic E-state index is 0.0919. The molecule has 0 aliphatic carbocycles. The number of alkyl halides is 1. The second-order valence-electron chi connectivity index (χ2n) is 3.08. The summed E-state index contributed by atoms with van der Waals surface area (Å²) in [6, 6.07) is 8.16. The highest BCUT2D eigenvalue weighted by Crippen LogP contribution is 2.08. The first-order valence-corrected chi connectivity index (χ1v) is 5.79. The Morgan fingerprint density at radius 1 is 1.43 bits per heavy atom. The van der Waals surface area contributed by atoms with Crippen LogP contribution in [-0.2, 0) is 16.7 Å². The van der Waals surface area contributed by atoms with Crippen molar-refractivity contribution in [2.75, 3.05) is 0 Å². The zero-order valence-electron chi connectivity index (χ0n) is 8.22. The molecule has 1 rings (SSSR count). The molecule has 1 N–H and O–H groups in total. The van der Waals surface area contributed by atoms with Crippen molar-refractivity contribution in [3.05, 3.63) is 35.4 Å². The Labute approximate surface area is 92.8 Å². The minimum atomic E-state index is 0.0919. The van der Waals surface area contributed by atoms with Crippen LogP contribution in [0.3, 0.4) is 0 Å². The summed E-state index contributed by atoms with van der Waals surface area (Å²) in [6.07, 6.45) is 0.540. The zero-order chi connectivity index (χ0) is 10.4. The van der Waals surface area contributed by atoms with Crippen molar-refractivity contribution >= 4 is 21.8 Å². The van der Waals surface area contributed by atoms with Gasteiger partial charge < -0.3 is 5.32 Å². The number of hydrogen-bond donors (Lipinski definition) is 1. The van der Waals surface area contributed by atoms with Crippen molar-refractivity contribution in [2.24, 2.45) is 0 Å². The van der Waals surface area contributed by atoms with Crippen molar-refractivity contribution in [1.82, 2.24) is 5.32 Å². The van der Waals surface area contributed by atoms with E-state index in [1.807, 2.05) is 19.1 Å². The molecule has 0 spiro atoms. The van der Waals surface area contributed by atoms with E-state index in [9.17, 15) is 4.79 Å². The molecule has 0 radical (unpaired) electrons. The molecule has 0 heterocycles. The second-order valence-corrected chi connectivity index (χ2v) is 3.64. The molecule has 0 aliphatic rings. The minimum Gasteiger partial charge on any atom is -0.352 e. The Morgan fingerprint density at radius 3 is 2.79 bits per heavy atom. The van der Waals surface area contributed by atoms with E-state index in [1.54, 1.807) is 0 Å². The molecule has 1 aromatic rings. The molecule has 0 fully saturated rings. The Hall–Kier alpha value is -0.830. The first-order valence-electron chi connectivity index (χ1n) is 4.66. The number of carbonyl (C=O) groups is 1. The third kappa shape index (κ3) is 3.50. The predicted molar refractivity (Wildman–Crippen MR) is 61.2 cm³/mol. The van der Waals surface area contributed by atoms with Crippen LogP contribution >= 0.6 is 15.9 Å². The number of hydrogen-bond acceptors (Lipinski definition) is 1. The zero-order valence-corrected chi connectivity index (χ0v) is 9.80. The predicted octanol–water partition coefficient (Wildman–Crippen LogP) is 2.61. The van der Waals surface area contributed by atoms with Crippen LogP contribution in [0.4, 0.5) is 0 Å². The van der Waals surface area contributed by atoms with E-state index in [1.165, 1.54) is 5.56 Å². The van der Waals surface area contributed by atoms with Gasteiger partial charge in [0, 0.05) is 18.3 Å². The molecule has 0 saturated heterocycles. The molecule has 1 amide bonds. The van der Waals surface area contributed by atoms with Gasteiger partial charge in [0.25, 0.3) is 0 Å². The molecule has 0 saturated carbocycles. The summed E-state index contributed by atoms with van der Waals surface area (Å²) >= 11 is 3.40. The average molecular weight is 256 g/mol. The van der Waals surface area contributed by atoms with E-state index in [0.717, 1.165) is 10.9 Å². The monoisotopic (exact) mass is 255 g/mol. The molecule has 3 heteroatoms. The van der Waals surface area contributed by atoms with Crippen LogP contribution < -0.4 is 5.32 Å². The topological polar surface area (TPSA) is 29.1 Å². The van der Waals surface area contributed by atoms with Gasteiger partial charge in [0.1, 0.15) is 0 Å². The van der Waals surface area contributed by atoms with Gasteiger partial charge in [0.2, 0.25) is 5.91 Å². The maximum atomic E-state index is 11.0. The van der Waals surface area contributed by atoms with Crippen molar-refractivity contribution in [1.29, 1.82) is 0 Å². The van der Waals surface area contributed by atoms with Gasteiger partial charge in [-0.3, -0.25) is 4.79 Å². The van der Waals surface area contributed by atoms with E-state index in [4.69, 9.17) is 0 Å². The summed E-state index contributed by atoms with van der Waals surface area (Å²) < 4.78 is 0. The molecular weight excluding hydrogens is 242 g/mol. The van der Waals surface area contributed by atoms with Gasteiger partial charge in [-0.1, -0.05) is 47.1 Å².